The SMILES string of the molecule is CC1(C)c2ccccc2N(c2ccccc2)c2cc(-c3ccc4c(c3)C(C)(C)c3cc(-c5nc(-c6ccccc6)nc(-c6ccccc6)n5)ccc3C4(C)C)ccc21. The van der Waals surface area contributed by atoms with Crippen LogP contribution >= 0.6 is 0 Å². The van der Waals surface area contributed by atoms with Crippen LogP contribution in [0.25, 0.3) is 45.3 Å². The van der Waals surface area contributed by atoms with Crippen molar-refractivity contribution in [2.75, 3.05) is 4.90 Å². The zero-order chi connectivity index (χ0) is 39.8. The number of rotatable bonds is 5. The average molecular weight is 751 g/mol. The standard InChI is InChI=1S/C54H46N4/c1-52(2)41-29-26-37(38-27-31-44-48(34-38)58(40-22-14-9-15-23-40)47-25-17-16-24-43(47)53(44,3)4)32-45(41)54(5,6)46-33-39(28-30-42(46)52)51-56-49(35-18-10-7-11-19-35)55-50(57-51)36-20-12-8-13-21-36/h7-34H,1-6H3. The molecule has 0 spiro atoms. The quantitative estimate of drug-likeness (QED) is 0.176. The normalized spacial score (nSPS) is 15.4. The number of anilines is 3. The van der Waals surface area contributed by atoms with Crippen molar-refractivity contribution in [3.05, 3.63) is 203 Å². The fraction of sp³-hybridized carbons (Fsp3) is 0.167. The summed E-state index contributed by atoms with van der Waals surface area (Å²) >= 11 is 0. The van der Waals surface area contributed by atoms with Gasteiger partial charge in [-0.1, -0.05) is 175 Å². The number of nitrogens with zero attached hydrogens (tertiary/aromatic N) is 4. The van der Waals surface area contributed by atoms with Gasteiger partial charge < -0.3 is 4.90 Å². The summed E-state index contributed by atoms with van der Waals surface area (Å²) in [7, 11) is 0. The van der Waals surface area contributed by atoms with Crippen LogP contribution in [0.1, 0.15) is 74.9 Å². The van der Waals surface area contributed by atoms with Crippen LogP contribution in [0, 0.1) is 0 Å². The Balaban J connectivity index is 1.09. The van der Waals surface area contributed by atoms with E-state index in [2.05, 4.69) is 180 Å². The molecule has 58 heavy (non-hydrogen) atoms. The van der Waals surface area contributed by atoms with Crippen LogP contribution in [-0.4, -0.2) is 15.0 Å². The van der Waals surface area contributed by atoms with E-state index in [-0.39, 0.29) is 16.2 Å². The Labute approximate surface area is 342 Å². The van der Waals surface area contributed by atoms with E-state index in [1.54, 1.807) is 0 Å². The molecule has 0 unspecified atom stereocenters. The molecule has 2 aliphatic rings. The van der Waals surface area contributed by atoms with Crippen molar-refractivity contribution in [2.45, 2.75) is 57.8 Å². The predicted octanol–water partition coefficient (Wildman–Crippen LogP) is 13.6. The molecule has 0 saturated carbocycles. The van der Waals surface area contributed by atoms with Gasteiger partial charge in [0.15, 0.2) is 17.5 Å². The number of aromatic nitrogens is 3. The molecule has 0 fully saturated rings. The summed E-state index contributed by atoms with van der Waals surface area (Å²) < 4.78 is 0. The lowest BCUT2D eigenvalue weighted by Gasteiger charge is -2.44. The first-order valence-electron chi connectivity index (χ1n) is 20.3. The van der Waals surface area contributed by atoms with Crippen LogP contribution in [0.3, 0.4) is 0 Å². The third-order valence-electron chi connectivity index (χ3n) is 12.8. The van der Waals surface area contributed by atoms with E-state index >= 15 is 0 Å². The molecule has 10 rings (SSSR count). The van der Waals surface area contributed by atoms with Gasteiger partial charge in [-0.05, 0) is 80.9 Å². The third-order valence-corrected chi connectivity index (χ3v) is 12.8. The minimum absolute atomic E-state index is 0.152. The molecule has 1 aliphatic carbocycles. The number of benzene rings is 7. The molecule has 0 atom stereocenters. The van der Waals surface area contributed by atoms with Crippen LogP contribution in [0.4, 0.5) is 17.1 Å². The van der Waals surface area contributed by atoms with E-state index in [0.29, 0.717) is 17.5 Å². The zero-order valence-electron chi connectivity index (χ0n) is 34.0. The van der Waals surface area contributed by atoms with E-state index in [0.717, 1.165) is 22.4 Å². The van der Waals surface area contributed by atoms with Crippen molar-refractivity contribution in [3.8, 4) is 45.3 Å². The second-order valence-electron chi connectivity index (χ2n) is 17.4. The second kappa shape index (κ2) is 13.2. The summed E-state index contributed by atoms with van der Waals surface area (Å²) in [4.78, 5) is 17.6. The Morgan fingerprint density at radius 2 is 0.707 bits per heavy atom. The largest absolute Gasteiger partial charge is 0.310 e. The Morgan fingerprint density at radius 3 is 1.29 bits per heavy atom. The van der Waals surface area contributed by atoms with Crippen molar-refractivity contribution in [2.24, 2.45) is 0 Å². The smallest absolute Gasteiger partial charge is 0.164 e. The van der Waals surface area contributed by atoms with Crippen LogP contribution in [0.5, 0.6) is 0 Å². The maximum atomic E-state index is 5.09. The fourth-order valence-corrected chi connectivity index (χ4v) is 9.51. The topological polar surface area (TPSA) is 41.9 Å². The zero-order valence-corrected chi connectivity index (χ0v) is 34.0. The molecule has 1 aromatic heterocycles. The molecular formula is C54H46N4. The summed E-state index contributed by atoms with van der Waals surface area (Å²) in [6, 6.07) is 61.1. The van der Waals surface area contributed by atoms with E-state index < -0.39 is 0 Å². The van der Waals surface area contributed by atoms with Crippen LogP contribution < -0.4 is 4.90 Å². The highest BCUT2D eigenvalue weighted by atomic mass is 15.2. The summed E-state index contributed by atoms with van der Waals surface area (Å²) in [6.45, 7) is 14.2. The van der Waals surface area contributed by atoms with Crippen molar-refractivity contribution >= 4 is 17.1 Å². The van der Waals surface area contributed by atoms with Gasteiger partial charge in [0.25, 0.3) is 0 Å². The van der Waals surface area contributed by atoms with Gasteiger partial charge in [0, 0.05) is 38.6 Å². The predicted molar refractivity (Wildman–Crippen MR) is 239 cm³/mol. The maximum absolute atomic E-state index is 5.09. The summed E-state index contributed by atoms with van der Waals surface area (Å²) in [5.41, 5.74) is 16.3. The van der Waals surface area contributed by atoms with Gasteiger partial charge in [-0.3, -0.25) is 0 Å². The fourth-order valence-electron chi connectivity index (χ4n) is 9.51. The molecule has 0 radical (unpaired) electrons. The molecule has 8 aromatic rings. The molecule has 0 amide bonds. The third kappa shape index (κ3) is 5.61. The average Bonchev–Trinajstić information content (AvgIpc) is 3.26. The maximum Gasteiger partial charge on any atom is 0.164 e. The molecule has 1 aliphatic heterocycles. The van der Waals surface area contributed by atoms with Gasteiger partial charge in [-0.2, -0.15) is 0 Å². The van der Waals surface area contributed by atoms with E-state index in [4.69, 9.17) is 15.0 Å². The molecule has 0 bridgehead atoms. The number of para-hydroxylation sites is 2. The lowest BCUT2D eigenvalue weighted by molar-refractivity contribution is 0.521. The molecule has 4 heteroatoms. The Hall–Kier alpha value is -6.65. The van der Waals surface area contributed by atoms with Gasteiger partial charge in [0.2, 0.25) is 0 Å². The van der Waals surface area contributed by atoms with Gasteiger partial charge in [0.05, 0.1) is 11.4 Å². The monoisotopic (exact) mass is 750 g/mol. The van der Waals surface area contributed by atoms with Crippen molar-refractivity contribution in [3.63, 3.8) is 0 Å². The molecular weight excluding hydrogens is 705 g/mol. The lowest BCUT2D eigenvalue weighted by Crippen LogP contribution is -2.36. The van der Waals surface area contributed by atoms with Gasteiger partial charge in [0.1, 0.15) is 0 Å². The Bertz CT molecular complexity index is 2800. The highest BCUT2D eigenvalue weighted by molar-refractivity contribution is 5.88. The number of hydrogen-bond acceptors (Lipinski definition) is 4. The first-order valence-corrected chi connectivity index (χ1v) is 20.3. The van der Waals surface area contributed by atoms with Gasteiger partial charge >= 0.3 is 0 Å². The summed E-state index contributed by atoms with van der Waals surface area (Å²) in [6.07, 6.45) is 0. The Morgan fingerprint density at radius 1 is 0.310 bits per heavy atom. The summed E-state index contributed by atoms with van der Waals surface area (Å²) in [5.74, 6) is 2.00. The summed E-state index contributed by atoms with van der Waals surface area (Å²) in [5, 5.41) is 0. The van der Waals surface area contributed by atoms with E-state index in [9.17, 15) is 0 Å². The van der Waals surface area contributed by atoms with E-state index in [1.807, 2.05) is 36.4 Å². The first kappa shape index (κ1) is 35.7. The van der Waals surface area contributed by atoms with Gasteiger partial charge in [-0.15, -0.1) is 0 Å². The molecule has 7 aromatic carbocycles. The van der Waals surface area contributed by atoms with E-state index in [1.165, 1.54) is 55.9 Å². The molecule has 2 heterocycles. The number of fused-ring (bicyclic) bond motifs is 4. The molecule has 0 saturated heterocycles. The molecule has 282 valence electrons. The van der Waals surface area contributed by atoms with Gasteiger partial charge in [-0.25, -0.2) is 15.0 Å². The van der Waals surface area contributed by atoms with Crippen molar-refractivity contribution in [1.29, 1.82) is 0 Å². The Kier molecular flexibility index (Phi) is 8.14. The minimum Gasteiger partial charge on any atom is -0.310 e. The second-order valence-corrected chi connectivity index (χ2v) is 17.4. The lowest BCUT2D eigenvalue weighted by atomic mass is 9.59. The van der Waals surface area contributed by atoms with Crippen molar-refractivity contribution in [1.82, 2.24) is 15.0 Å². The molecule has 4 nitrogen and oxygen atoms in total. The van der Waals surface area contributed by atoms with Crippen molar-refractivity contribution < 1.29 is 0 Å². The minimum atomic E-state index is -0.297. The van der Waals surface area contributed by atoms with Crippen LogP contribution in [-0.2, 0) is 16.2 Å². The highest BCUT2D eigenvalue weighted by Gasteiger charge is 2.42. The number of hydrogen-bond donors (Lipinski definition) is 0. The highest BCUT2D eigenvalue weighted by Crippen LogP contribution is 2.54. The van der Waals surface area contributed by atoms with Crippen LogP contribution in [0.2, 0.25) is 0 Å². The van der Waals surface area contributed by atoms with Crippen LogP contribution in [0.15, 0.2) is 170 Å². The molecule has 0 N–H and O–H groups in total. The first-order chi connectivity index (χ1) is 28.0.